The third-order valence-corrected chi connectivity index (χ3v) is 6.45. The molecule has 0 saturated carbocycles. The largest absolute Gasteiger partial charge is 0.445 e. The first-order chi connectivity index (χ1) is 15.2. The van der Waals surface area contributed by atoms with Crippen LogP contribution in [-0.4, -0.2) is 28.9 Å². The van der Waals surface area contributed by atoms with Crippen LogP contribution in [0.2, 0.25) is 0 Å². The molecule has 4 nitrogen and oxygen atoms in total. The number of rotatable bonds is 4. The van der Waals surface area contributed by atoms with Crippen LogP contribution in [0.4, 0.5) is 18.0 Å². The Hall–Kier alpha value is -2.83. The minimum Gasteiger partial charge on any atom is -0.445 e. The van der Waals surface area contributed by atoms with Crippen LogP contribution in [0, 0.1) is 12.8 Å². The Bertz CT molecular complexity index is 976. The number of Topliss-reactive ketones (excluding diaryl/α,β-unsaturated/α-hetero) is 1. The van der Waals surface area contributed by atoms with Gasteiger partial charge < -0.3 is 9.64 Å². The second-order valence-corrected chi connectivity index (χ2v) is 8.80. The second kappa shape index (κ2) is 8.96. The molecule has 4 rings (SSSR count). The molecule has 2 bridgehead atoms. The van der Waals surface area contributed by atoms with E-state index in [1.54, 1.807) is 11.8 Å². The second-order valence-electron chi connectivity index (χ2n) is 8.80. The lowest BCUT2D eigenvalue weighted by Crippen LogP contribution is -2.55. The minimum atomic E-state index is -4.50. The molecule has 0 radical (unpaired) electrons. The number of nitrogens with zero attached hydrogens (tertiary/aromatic N) is 1. The molecule has 2 fully saturated rings. The van der Waals surface area contributed by atoms with Crippen molar-refractivity contribution in [3.63, 3.8) is 0 Å². The predicted molar refractivity (Wildman–Crippen MR) is 113 cm³/mol. The van der Waals surface area contributed by atoms with Crippen molar-refractivity contribution >= 4 is 11.9 Å². The molecule has 0 N–H and O–H groups in total. The third-order valence-electron chi connectivity index (χ3n) is 6.45. The number of aryl methyl sites for hydroxylation is 1. The SMILES string of the molecule is Cc1cc(C(=O)C2CC3CCCC(C2)N3C(=O)OCc2ccccc2)cc(C(F)(F)F)c1. The summed E-state index contributed by atoms with van der Waals surface area (Å²) in [7, 11) is 0. The van der Waals surface area contributed by atoms with Gasteiger partial charge in [0.2, 0.25) is 0 Å². The van der Waals surface area contributed by atoms with Crippen LogP contribution in [0.1, 0.15) is 59.2 Å². The zero-order chi connectivity index (χ0) is 22.9. The van der Waals surface area contributed by atoms with Gasteiger partial charge in [0.25, 0.3) is 0 Å². The fourth-order valence-corrected chi connectivity index (χ4v) is 5.01. The topological polar surface area (TPSA) is 46.6 Å². The molecular formula is C25H26F3NO3. The van der Waals surface area contributed by atoms with Crippen molar-refractivity contribution in [1.29, 1.82) is 0 Å². The van der Waals surface area contributed by atoms with Crippen LogP contribution >= 0.6 is 0 Å². The molecule has 2 unspecified atom stereocenters. The Morgan fingerprint density at radius 1 is 1.03 bits per heavy atom. The highest BCUT2D eigenvalue weighted by Crippen LogP contribution is 2.39. The van der Waals surface area contributed by atoms with Crippen molar-refractivity contribution in [3.05, 3.63) is 70.8 Å². The van der Waals surface area contributed by atoms with Gasteiger partial charge in [0, 0.05) is 23.6 Å². The van der Waals surface area contributed by atoms with Gasteiger partial charge in [-0.25, -0.2) is 4.79 Å². The number of alkyl halides is 3. The first kappa shape index (κ1) is 22.4. The standard InChI is InChI=1S/C25H26F3NO3/c1-16-10-18(12-20(11-16)25(26,27)28)23(30)19-13-21-8-5-9-22(14-19)29(21)24(31)32-15-17-6-3-2-4-7-17/h2-4,6-7,10-12,19,21-22H,5,8-9,13-15H2,1H3. The van der Waals surface area contributed by atoms with Crippen LogP contribution in [0.5, 0.6) is 0 Å². The van der Waals surface area contributed by atoms with Crippen molar-refractivity contribution in [2.24, 2.45) is 5.92 Å². The van der Waals surface area contributed by atoms with Crippen molar-refractivity contribution in [3.8, 4) is 0 Å². The lowest BCUT2D eigenvalue weighted by molar-refractivity contribution is -0.137. The van der Waals surface area contributed by atoms with Gasteiger partial charge in [-0.2, -0.15) is 13.2 Å². The highest BCUT2D eigenvalue weighted by atomic mass is 19.4. The van der Waals surface area contributed by atoms with Crippen molar-refractivity contribution < 1.29 is 27.5 Å². The molecule has 2 aromatic carbocycles. The van der Waals surface area contributed by atoms with Crippen LogP contribution in [0.15, 0.2) is 48.5 Å². The Labute approximate surface area is 185 Å². The maximum Gasteiger partial charge on any atom is 0.416 e. The number of halogens is 3. The van der Waals surface area contributed by atoms with Crippen LogP contribution < -0.4 is 0 Å². The van der Waals surface area contributed by atoms with E-state index >= 15 is 0 Å². The number of carbonyl (C=O) groups excluding carboxylic acids is 2. The Morgan fingerprint density at radius 2 is 1.69 bits per heavy atom. The molecular weight excluding hydrogens is 419 g/mol. The molecule has 2 saturated heterocycles. The van der Waals surface area contributed by atoms with E-state index in [0.29, 0.717) is 18.4 Å². The first-order valence-corrected chi connectivity index (χ1v) is 10.9. The van der Waals surface area contributed by atoms with Crippen LogP contribution in [0.3, 0.4) is 0 Å². The summed E-state index contributed by atoms with van der Waals surface area (Å²) in [6.07, 6.45) is -1.49. The van der Waals surface area contributed by atoms with Gasteiger partial charge in [-0.05, 0) is 68.4 Å². The molecule has 0 aromatic heterocycles. The quantitative estimate of drug-likeness (QED) is 0.529. The Balaban J connectivity index is 1.47. The lowest BCUT2D eigenvalue weighted by atomic mass is 9.75. The van der Waals surface area contributed by atoms with Gasteiger partial charge in [0.1, 0.15) is 6.61 Å². The minimum absolute atomic E-state index is 0.0977. The first-order valence-electron chi connectivity index (χ1n) is 10.9. The number of piperidine rings is 2. The maximum absolute atomic E-state index is 13.2. The smallest absolute Gasteiger partial charge is 0.416 e. The molecule has 0 aliphatic carbocycles. The molecule has 170 valence electrons. The maximum atomic E-state index is 13.2. The molecule has 2 aliphatic rings. The van der Waals surface area contributed by atoms with Gasteiger partial charge in [-0.3, -0.25) is 4.79 Å². The van der Waals surface area contributed by atoms with E-state index in [9.17, 15) is 22.8 Å². The van der Waals surface area contributed by atoms with E-state index in [0.717, 1.165) is 37.0 Å². The fourth-order valence-electron chi connectivity index (χ4n) is 5.01. The summed E-state index contributed by atoms with van der Waals surface area (Å²) >= 11 is 0. The Kier molecular flexibility index (Phi) is 6.26. The summed E-state index contributed by atoms with van der Waals surface area (Å²) in [4.78, 5) is 27.7. The number of amides is 1. The zero-order valence-electron chi connectivity index (χ0n) is 17.9. The summed E-state index contributed by atoms with van der Waals surface area (Å²) in [6, 6.07) is 12.7. The average molecular weight is 445 g/mol. The van der Waals surface area contributed by atoms with Gasteiger partial charge in [-0.1, -0.05) is 30.3 Å². The van der Waals surface area contributed by atoms with E-state index in [1.165, 1.54) is 6.07 Å². The summed E-state index contributed by atoms with van der Waals surface area (Å²) in [5.41, 5.74) is 0.602. The number of ketones is 1. The number of hydrogen-bond acceptors (Lipinski definition) is 3. The van der Waals surface area contributed by atoms with Gasteiger partial charge in [0.05, 0.1) is 5.56 Å². The van der Waals surface area contributed by atoms with Crippen molar-refractivity contribution in [2.75, 3.05) is 0 Å². The van der Waals surface area contributed by atoms with E-state index in [4.69, 9.17) is 4.74 Å². The van der Waals surface area contributed by atoms with E-state index in [-0.39, 0.29) is 36.1 Å². The molecule has 2 aromatic rings. The van der Waals surface area contributed by atoms with E-state index < -0.39 is 17.7 Å². The van der Waals surface area contributed by atoms with Crippen LogP contribution in [-0.2, 0) is 17.5 Å². The van der Waals surface area contributed by atoms with Gasteiger partial charge in [0.15, 0.2) is 5.78 Å². The summed E-state index contributed by atoms with van der Waals surface area (Å²) < 4.78 is 45.2. The number of benzene rings is 2. The molecule has 1 amide bonds. The highest BCUT2D eigenvalue weighted by molar-refractivity contribution is 5.98. The molecule has 2 atom stereocenters. The number of ether oxygens (including phenoxy) is 1. The number of carbonyl (C=O) groups is 2. The monoisotopic (exact) mass is 445 g/mol. The molecule has 32 heavy (non-hydrogen) atoms. The van der Waals surface area contributed by atoms with Gasteiger partial charge in [-0.15, -0.1) is 0 Å². The zero-order valence-corrected chi connectivity index (χ0v) is 17.9. The normalized spacial score (nSPS) is 23.0. The van der Waals surface area contributed by atoms with Crippen molar-refractivity contribution in [2.45, 2.75) is 63.9 Å². The lowest BCUT2D eigenvalue weighted by Gasteiger charge is -2.47. The highest BCUT2D eigenvalue weighted by Gasteiger charge is 2.44. The molecule has 2 aliphatic heterocycles. The van der Waals surface area contributed by atoms with E-state index in [2.05, 4.69) is 0 Å². The van der Waals surface area contributed by atoms with E-state index in [1.807, 2.05) is 30.3 Å². The summed E-state index contributed by atoms with van der Waals surface area (Å²) in [5, 5.41) is 0. The van der Waals surface area contributed by atoms with Crippen LogP contribution in [0.25, 0.3) is 0 Å². The Morgan fingerprint density at radius 3 is 2.31 bits per heavy atom. The van der Waals surface area contributed by atoms with Crippen molar-refractivity contribution in [1.82, 2.24) is 4.90 Å². The third kappa shape index (κ3) is 4.81. The fraction of sp³-hybridized carbons (Fsp3) is 0.440. The predicted octanol–water partition coefficient (Wildman–Crippen LogP) is 6.17. The molecule has 7 heteroatoms. The van der Waals surface area contributed by atoms with Gasteiger partial charge >= 0.3 is 12.3 Å². The molecule has 0 spiro atoms. The number of hydrogen-bond donors (Lipinski definition) is 0. The number of fused-ring (bicyclic) bond motifs is 2. The summed E-state index contributed by atoms with van der Waals surface area (Å²) in [5.74, 6) is -0.667. The summed E-state index contributed by atoms with van der Waals surface area (Å²) in [6.45, 7) is 1.74. The average Bonchev–Trinajstić information content (AvgIpc) is 2.75. The molecule has 2 heterocycles.